The lowest BCUT2D eigenvalue weighted by atomic mass is 10.2. The summed E-state index contributed by atoms with van der Waals surface area (Å²) in [6.07, 6.45) is 0. The number of fused-ring (bicyclic) bond motifs is 2. The molecule has 0 fully saturated rings. The van der Waals surface area contributed by atoms with Gasteiger partial charge in [-0.3, -0.25) is 4.79 Å². The molecular weight excluding hydrogens is 206 g/mol. The van der Waals surface area contributed by atoms with Crippen LogP contribution in [0.15, 0.2) is 45.5 Å². The summed E-state index contributed by atoms with van der Waals surface area (Å²) in [5.74, 6) is -1.18. The Morgan fingerprint density at radius 3 is 3.00 bits per heavy atom. The van der Waals surface area contributed by atoms with Crippen molar-refractivity contribution in [1.29, 1.82) is 0 Å². The summed E-state index contributed by atoms with van der Waals surface area (Å²) in [6, 6.07) is -3.71. The highest BCUT2D eigenvalue weighted by atomic mass is 16.3. The van der Waals surface area contributed by atoms with Gasteiger partial charge < -0.3 is 9.52 Å². The van der Waals surface area contributed by atoms with E-state index in [9.17, 15) is 9.90 Å². The standard InChI is InChI=1S/C12H7NO3/c14-7-1-3-9-11(5-7)16-12-6-8(15)2-4-10(12)13-9/h1-6,14H/i1D,2D,3D,4D,5D,6D. The van der Waals surface area contributed by atoms with E-state index in [1.54, 1.807) is 0 Å². The van der Waals surface area contributed by atoms with Gasteiger partial charge in [-0.2, -0.15) is 0 Å². The van der Waals surface area contributed by atoms with Crippen LogP contribution in [0, 0.1) is 0 Å². The molecule has 1 N–H and O–H groups in total. The van der Waals surface area contributed by atoms with Gasteiger partial charge in [-0.15, -0.1) is 0 Å². The van der Waals surface area contributed by atoms with Crippen LogP contribution in [0.1, 0.15) is 8.22 Å². The van der Waals surface area contributed by atoms with Gasteiger partial charge in [0.15, 0.2) is 16.8 Å². The van der Waals surface area contributed by atoms with E-state index in [0.29, 0.717) is 0 Å². The normalized spacial score (nSPS) is 16.2. The fraction of sp³-hybridized carbons (Fsp3) is 0. The number of phenols is 1. The zero-order valence-corrected chi connectivity index (χ0v) is 7.71. The average molecular weight is 219 g/mol. The molecule has 0 aromatic heterocycles. The summed E-state index contributed by atoms with van der Waals surface area (Å²) in [7, 11) is 0. The van der Waals surface area contributed by atoms with Crippen molar-refractivity contribution in [2.75, 3.05) is 0 Å². The van der Waals surface area contributed by atoms with Gasteiger partial charge in [0.25, 0.3) is 0 Å². The minimum Gasteiger partial charge on any atom is -0.508 e. The van der Waals surface area contributed by atoms with Gasteiger partial charge in [-0.25, -0.2) is 4.98 Å². The fourth-order valence-electron chi connectivity index (χ4n) is 1.26. The van der Waals surface area contributed by atoms with Crippen LogP contribution < -0.4 is 5.43 Å². The van der Waals surface area contributed by atoms with E-state index in [2.05, 4.69) is 4.98 Å². The monoisotopic (exact) mass is 219 g/mol. The van der Waals surface area contributed by atoms with Gasteiger partial charge in [-0.05, 0) is 24.2 Å². The first-order valence-electron chi connectivity index (χ1n) is 7.28. The number of aromatic hydroxyl groups is 1. The lowest BCUT2D eigenvalue weighted by Crippen LogP contribution is -1.99. The smallest absolute Gasteiger partial charge is 0.182 e. The van der Waals surface area contributed by atoms with Crippen molar-refractivity contribution in [3.8, 4) is 17.2 Å². The van der Waals surface area contributed by atoms with E-state index >= 15 is 0 Å². The summed E-state index contributed by atoms with van der Waals surface area (Å²) in [5, 5.41) is 9.62. The van der Waals surface area contributed by atoms with Crippen LogP contribution in [-0.2, 0) is 0 Å². The third-order valence-corrected chi connectivity index (χ3v) is 1.91. The van der Waals surface area contributed by atoms with Gasteiger partial charge in [-0.1, -0.05) is 0 Å². The summed E-state index contributed by atoms with van der Waals surface area (Å²) < 4.78 is 51.1. The quantitative estimate of drug-likeness (QED) is 0.587. The van der Waals surface area contributed by atoms with E-state index in [4.69, 9.17) is 12.6 Å². The van der Waals surface area contributed by atoms with Crippen LogP contribution in [0.3, 0.4) is 0 Å². The number of nitrogens with zero attached hydrogens (tertiary/aromatic N) is 1. The zero-order valence-electron chi connectivity index (χ0n) is 13.7. The highest BCUT2D eigenvalue weighted by Gasteiger charge is 2.08. The number of benzene rings is 2. The van der Waals surface area contributed by atoms with Crippen molar-refractivity contribution in [3.05, 3.63) is 46.5 Å². The number of aromatic nitrogens is 1. The van der Waals surface area contributed by atoms with E-state index in [1.807, 2.05) is 0 Å². The third-order valence-electron chi connectivity index (χ3n) is 1.91. The maximum atomic E-state index is 11.7. The highest BCUT2D eigenvalue weighted by Crippen LogP contribution is 2.25. The second kappa shape index (κ2) is 3.06. The molecule has 4 nitrogen and oxygen atoms in total. The van der Waals surface area contributed by atoms with Gasteiger partial charge >= 0.3 is 0 Å². The van der Waals surface area contributed by atoms with Gasteiger partial charge in [0.05, 0.1) is 8.22 Å². The first-order valence-corrected chi connectivity index (χ1v) is 4.28. The predicted molar refractivity (Wildman–Crippen MR) is 58.6 cm³/mol. The Hall–Kier alpha value is -2.36. The molecule has 4 heteroatoms. The molecule has 0 amide bonds. The molecule has 2 aliphatic rings. The number of phenolic OH excluding ortho intramolecular Hbond substituents is 1. The third kappa shape index (κ3) is 1.32. The molecule has 0 bridgehead atoms. The summed E-state index contributed by atoms with van der Waals surface area (Å²) in [4.78, 5) is 15.6. The average Bonchev–Trinajstić information content (AvgIpc) is 2.52. The van der Waals surface area contributed by atoms with Crippen molar-refractivity contribution in [2.24, 2.45) is 0 Å². The minimum atomic E-state index is -1.01. The second-order valence-corrected chi connectivity index (χ2v) is 3.00. The number of hydrogen-bond donors (Lipinski definition) is 1. The van der Waals surface area contributed by atoms with Crippen LogP contribution in [0.5, 0.6) is 5.75 Å². The van der Waals surface area contributed by atoms with Crippen LogP contribution in [0.25, 0.3) is 22.6 Å². The topological polar surface area (TPSA) is 63.3 Å². The van der Waals surface area contributed by atoms with Crippen LogP contribution in [0.4, 0.5) is 0 Å². The Bertz CT molecular complexity index is 984. The lowest BCUT2D eigenvalue weighted by Gasteiger charge is -2.05. The van der Waals surface area contributed by atoms with E-state index in [-0.39, 0.29) is 16.8 Å². The second-order valence-electron chi connectivity index (χ2n) is 3.00. The first-order chi connectivity index (χ1) is 10.3. The van der Waals surface area contributed by atoms with Crippen LogP contribution in [-0.4, -0.2) is 10.1 Å². The molecule has 3 rings (SSSR count). The molecule has 0 saturated carbocycles. The Morgan fingerprint density at radius 1 is 1.25 bits per heavy atom. The van der Waals surface area contributed by atoms with Crippen molar-refractivity contribution < 1.29 is 17.7 Å². The Labute approximate surface area is 98.6 Å². The maximum absolute atomic E-state index is 11.7. The molecule has 16 heavy (non-hydrogen) atoms. The Balaban J connectivity index is 2.65. The number of rotatable bonds is 0. The zero-order chi connectivity index (χ0) is 16.3. The van der Waals surface area contributed by atoms with Crippen molar-refractivity contribution >= 4 is 11.1 Å². The van der Waals surface area contributed by atoms with Gasteiger partial charge in [0.2, 0.25) is 0 Å². The molecule has 1 aliphatic heterocycles. The van der Waals surface area contributed by atoms with Gasteiger partial charge in [0.1, 0.15) is 17.0 Å². The van der Waals surface area contributed by atoms with Crippen molar-refractivity contribution in [1.82, 2.24) is 4.98 Å². The van der Waals surface area contributed by atoms with Crippen LogP contribution in [0.2, 0.25) is 0 Å². The summed E-state index contributed by atoms with van der Waals surface area (Å²) >= 11 is 0. The molecule has 0 radical (unpaired) electrons. The molecule has 1 heterocycles. The predicted octanol–water partition coefficient (Wildman–Crippen LogP) is 2.00. The Kier molecular flexibility index (Phi) is 0.891. The summed E-state index contributed by atoms with van der Waals surface area (Å²) in [6.45, 7) is 0. The van der Waals surface area contributed by atoms with E-state index in [1.165, 1.54) is 0 Å². The minimum absolute atomic E-state index is 0.258. The Morgan fingerprint density at radius 2 is 2.12 bits per heavy atom. The highest BCUT2D eigenvalue weighted by molar-refractivity contribution is 5.77. The first kappa shape index (κ1) is 4.65. The molecule has 0 unspecified atom stereocenters. The molecule has 1 aromatic rings. The molecule has 0 spiro atoms. The van der Waals surface area contributed by atoms with Crippen molar-refractivity contribution in [3.63, 3.8) is 0 Å². The summed E-state index contributed by atoms with van der Waals surface area (Å²) in [5.41, 5.74) is -1.91. The fourth-order valence-corrected chi connectivity index (χ4v) is 1.26. The SMILES string of the molecule is [2H]c1c2nc3c([2H])c([2H])c(O)c([2H])c3oc-2c([2H])c(=O)c1[2H]. The van der Waals surface area contributed by atoms with Crippen molar-refractivity contribution in [2.45, 2.75) is 0 Å². The largest absolute Gasteiger partial charge is 0.508 e. The molecule has 1 aliphatic carbocycles. The maximum Gasteiger partial charge on any atom is 0.182 e. The van der Waals surface area contributed by atoms with Crippen LogP contribution >= 0.6 is 0 Å². The molecule has 1 aromatic carbocycles. The van der Waals surface area contributed by atoms with E-state index < -0.39 is 53.2 Å². The van der Waals surface area contributed by atoms with Gasteiger partial charge in [0, 0.05) is 12.1 Å². The molecule has 0 saturated heterocycles. The molecular formula is C12H7NO3. The number of hydrogen-bond acceptors (Lipinski definition) is 4. The molecule has 0 atom stereocenters. The van der Waals surface area contributed by atoms with E-state index in [0.717, 1.165) is 0 Å². The lowest BCUT2D eigenvalue weighted by molar-refractivity contribution is 0.474. The molecule has 78 valence electrons.